The molecule has 1 heterocycles. The van der Waals surface area contributed by atoms with Crippen LogP contribution in [0.15, 0.2) is 22.8 Å². The highest BCUT2D eigenvalue weighted by atomic mass is 32.2. The van der Waals surface area contributed by atoms with Crippen LogP contribution in [0.2, 0.25) is 0 Å². The number of fused-ring (bicyclic) bond motifs is 1. The Hall–Kier alpha value is -1.23. The van der Waals surface area contributed by atoms with Gasteiger partial charge in [-0.15, -0.1) is 0 Å². The number of nitrogens with one attached hydrogen (secondary N) is 2. The zero-order valence-electron chi connectivity index (χ0n) is 11.2. The van der Waals surface area contributed by atoms with Crippen molar-refractivity contribution in [1.82, 2.24) is 10.6 Å². The van der Waals surface area contributed by atoms with Crippen LogP contribution in [0.1, 0.15) is 39.0 Å². The monoisotopic (exact) mass is 280 g/mol. The highest BCUT2D eigenvalue weighted by Crippen LogP contribution is 2.37. The number of carbonyl (C=O) groups excluding carboxylic acids is 2. The van der Waals surface area contributed by atoms with Gasteiger partial charge in [-0.05, 0) is 18.9 Å². The molecule has 0 aromatic heterocycles. The van der Waals surface area contributed by atoms with Gasteiger partial charge < -0.3 is 10.6 Å². The zero-order valence-corrected chi connectivity index (χ0v) is 12.0. The van der Waals surface area contributed by atoms with Crippen LogP contribution in [-0.2, 0) is 9.59 Å². The van der Waals surface area contributed by atoms with Crippen LogP contribution >= 0.6 is 11.8 Å². The maximum Gasteiger partial charge on any atom is 0.219 e. The molecule has 1 atom stereocenters. The lowest BCUT2D eigenvalue weighted by molar-refractivity contribution is -0.121. The van der Waals surface area contributed by atoms with Crippen molar-refractivity contribution in [2.24, 2.45) is 0 Å². The predicted octanol–water partition coefficient (Wildman–Crippen LogP) is 2.09. The Bertz CT molecular complexity index is 429. The van der Waals surface area contributed by atoms with E-state index in [1.165, 1.54) is 0 Å². The first-order valence-corrected chi connectivity index (χ1v) is 7.72. The molecule has 1 aliphatic carbocycles. The lowest BCUT2D eigenvalue weighted by Gasteiger charge is -2.10. The second-order valence-electron chi connectivity index (χ2n) is 4.79. The summed E-state index contributed by atoms with van der Waals surface area (Å²) in [5.74, 6) is 0.303. The van der Waals surface area contributed by atoms with Crippen molar-refractivity contribution in [3.63, 3.8) is 0 Å². The van der Waals surface area contributed by atoms with E-state index in [1.54, 1.807) is 17.8 Å². The fraction of sp³-hybridized carbons (Fsp3) is 0.571. The molecule has 0 bridgehead atoms. The third kappa shape index (κ3) is 4.13. The SMILES string of the molecule is CCCCC(=O)NCCC1NC2=CCC(=O)C=C2S1. The Morgan fingerprint density at radius 3 is 3.21 bits per heavy atom. The first-order chi connectivity index (χ1) is 9.19. The van der Waals surface area contributed by atoms with Gasteiger partial charge in [-0.3, -0.25) is 9.59 Å². The van der Waals surface area contributed by atoms with Crippen LogP contribution in [0, 0.1) is 0 Å². The summed E-state index contributed by atoms with van der Waals surface area (Å²) in [7, 11) is 0. The molecule has 2 N–H and O–H groups in total. The predicted molar refractivity (Wildman–Crippen MR) is 77.5 cm³/mol. The molecule has 1 saturated heterocycles. The number of hydrogen-bond donors (Lipinski definition) is 2. The average Bonchev–Trinajstić information content (AvgIpc) is 2.78. The fourth-order valence-corrected chi connectivity index (χ4v) is 3.27. The van der Waals surface area contributed by atoms with Crippen molar-refractivity contribution >= 4 is 23.5 Å². The Morgan fingerprint density at radius 2 is 2.42 bits per heavy atom. The topological polar surface area (TPSA) is 58.2 Å². The second-order valence-corrected chi connectivity index (χ2v) is 6.03. The van der Waals surface area contributed by atoms with Crippen LogP contribution in [0.5, 0.6) is 0 Å². The third-order valence-corrected chi connectivity index (χ3v) is 4.37. The van der Waals surface area contributed by atoms with Gasteiger partial charge in [0.05, 0.1) is 5.37 Å². The summed E-state index contributed by atoms with van der Waals surface area (Å²) < 4.78 is 0. The number of hydrogen-bond acceptors (Lipinski definition) is 4. The summed E-state index contributed by atoms with van der Waals surface area (Å²) in [6.45, 7) is 2.76. The molecule has 0 spiro atoms. The number of carbonyl (C=O) groups is 2. The Labute approximate surface area is 118 Å². The van der Waals surface area contributed by atoms with E-state index in [1.807, 2.05) is 6.08 Å². The molecule has 1 aliphatic heterocycles. The van der Waals surface area contributed by atoms with Gasteiger partial charge in [0.2, 0.25) is 5.91 Å². The first-order valence-electron chi connectivity index (χ1n) is 6.84. The van der Waals surface area contributed by atoms with Crippen molar-refractivity contribution in [1.29, 1.82) is 0 Å². The quantitative estimate of drug-likeness (QED) is 0.782. The molecule has 4 nitrogen and oxygen atoms in total. The van der Waals surface area contributed by atoms with Gasteiger partial charge in [-0.1, -0.05) is 31.2 Å². The second kappa shape index (κ2) is 6.80. The summed E-state index contributed by atoms with van der Waals surface area (Å²) in [6, 6.07) is 0. The Kier molecular flexibility index (Phi) is 5.07. The third-order valence-electron chi connectivity index (χ3n) is 3.14. The van der Waals surface area contributed by atoms with E-state index in [4.69, 9.17) is 0 Å². The van der Waals surface area contributed by atoms with E-state index in [-0.39, 0.29) is 17.1 Å². The van der Waals surface area contributed by atoms with Gasteiger partial charge in [0.1, 0.15) is 0 Å². The molecule has 1 amide bonds. The summed E-state index contributed by atoms with van der Waals surface area (Å²) in [6.07, 6.45) is 7.63. The zero-order chi connectivity index (χ0) is 13.7. The molecular formula is C14H20N2O2S. The van der Waals surface area contributed by atoms with Crippen molar-refractivity contribution in [2.75, 3.05) is 6.54 Å². The van der Waals surface area contributed by atoms with E-state index in [0.29, 0.717) is 19.4 Å². The minimum atomic E-state index is 0.135. The lowest BCUT2D eigenvalue weighted by Crippen LogP contribution is -2.29. The first kappa shape index (κ1) is 14.2. The van der Waals surface area contributed by atoms with E-state index in [0.717, 1.165) is 29.9 Å². The molecule has 19 heavy (non-hydrogen) atoms. The van der Waals surface area contributed by atoms with Crippen molar-refractivity contribution in [3.8, 4) is 0 Å². The molecule has 0 aromatic rings. The van der Waals surface area contributed by atoms with Crippen LogP contribution in [0.3, 0.4) is 0 Å². The smallest absolute Gasteiger partial charge is 0.219 e. The summed E-state index contributed by atoms with van der Waals surface area (Å²) in [5, 5.41) is 6.58. The molecule has 104 valence electrons. The summed E-state index contributed by atoms with van der Waals surface area (Å²) >= 11 is 1.68. The van der Waals surface area contributed by atoms with Crippen molar-refractivity contribution < 1.29 is 9.59 Å². The number of rotatable bonds is 6. The minimum absolute atomic E-state index is 0.135. The summed E-state index contributed by atoms with van der Waals surface area (Å²) in [5.41, 5.74) is 1.08. The van der Waals surface area contributed by atoms with Crippen LogP contribution < -0.4 is 10.6 Å². The van der Waals surface area contributed by atoms with Gasteiger partial charge >= 0.3 is 0 Å². The number of ketones is 1. The van der Waals surface area contributed by atoms with Crippen molar-refractivity contribution in [2.45, 2.75) is 44.4 Å². The molecular weight excluding hydrogens is 260 g/mol. The van der Waals surface area contributed by atoms with Gasteiger partial charge in [0, 0.05) is 30.0 Å². The maximum atomic E-state index is 11.5. The largest absolute Gasteiger partial charge is 0.372 e. The number of thioether (sulfide) groups is 1. The molecule has 2 rings (SSSR count). The number of allylic oxidation sites excluding steroid dienone is 2. The van der Waals surface area contributed by atoms with Crippen LogP contribution in [0.25, 0.3) is 0 Å². The lowest BCUT2D eigenvalue weighted by atomic mass is 10.1. The Balaban J connectivity index is 1.70. The van der Waals surface area contributed by atoms with Gasteiger partial charge in [-0.25, -0.2) is 0 Å². The highest BCUT2D eigenvalue weighted by molar-refractivity contribution is 8.04. The van der Waals surface area contributed by atoms with Gasteiger partial charge in [-0.2, -0.15) is 0 Å². The molecule has 5 heteroatoms. The van der Waals surface area contributed by atoms with E-state index in [2.05, 4.69) is 17.6 Å². The van der Waals surface area contributed by atoms with Crippen LogP contribution in [0.4, 0.5) is 0 Å². The molecule has 0 aromatic carbocycles. The van der Waals surface area contributed by atoms with Gasteiger partial charge in [0.15, 0.2) is 5.78 Å². The number of amides is 1. The standard InChI is InChI=1S/C14H20N2O2S/c1-2-3-4-13(18)15-8-7-14-16-11-6-5-10(17)9-12(11)19-14/h6,9,14,16H,2-5,7-8H2,1H3,(H,15,18). The van der Waals surface area contributed by atoms with E-state index >= 15 is 0 Å². The fourth-order valence-electron chi connectivity index (χ4n) is 2.07. The molecule has 2 aliphatic rings. The molecule has 0 radical (unpaired) electrons. The molecule has 1 unspecified atom stereocenters. The maximum absolute atomic E-state index is 11.5. The normalized spacial score (nSPS) is 21.3. The molecule has 1 fully saturated rings. The number of unbranched alkanes of at least 4 members (excludes halogenated alkanes) is 1. The molecule has 0 saturated carbocycles. The van der Waals surface area contributed by atoms with Gasteiger partial charge in [0.25, 0.3) is 0 Å². The van der Waals surface area contributed by atoms with E-state index in [9.17, 15) is 9.59 Å². The summed E-state index contributed by atoms with van der Waals surface area (Å²) in [4.78, 5) is 23.8. The van der Waals surface area contributed by atoms with E-state index < -0.39 is 0 Å². The Morgan fingerprint density at radius 1 is 1.58 bits per heavy atom. The highest BCUT2D eigenvalue weighted by Gasteiger charge is 2.26. The van der Waals surface area contributed by atoms with Crippen LogP contribution in [-0.4, -0.2) is 23.6 Å². The van der Waals surface area contributed by atoms with Crippen molar-refractivity contribution in [3.05, 3.63) is 22.8 Å². The average molecular weight is 280 g/mol. The minimum Gasteiger partial charge on any atom is -0.372 e.